The molecule has 7 nitrogen and oxygen atoms in total. The second-order valence-electron chi connectivity index (χ2n) is 6.41. The molecule has 0 aliphatic heterocycles. The van der Waals surface area contributed by atoms with Crippen molar-refractivity contribution in [2.24, 2.45) is 12.0 Å². The van der Waals surface area contributed by atoms with Gasteiger partial charge in [0.2, 0.25) is 10.0 Å². The summed E-state index contributed by atoms with van der Waals surface area (Å²) in [5.74, 6) is 0.657. The first-order valence-electron chi connectivity index (χ1n) is 8.39. The van der Waals surface area contributed by atoms with E-state index >= 15 is 0 Å². The smallest absolute Gasteiger partial charge is 0.242 e. The Bertz CT molecular complexity index is 922. The fourth-order valence-electron chi connectivity index (χ4n) is 2.70. The summed E-state index contributed by atoms with van der Waals surface area (Å²) < 4.78 is 28.2. The van der Waals surface area contributed by atoms with E-state index in [-0.39, 0.29) is 4.90 Å². The molecule has 9 heteroatoms. The van der Waals surface area contributed by atoms with E-state index in [0.717, 1.165) is 5.69 Å². The van der Waals surface area contributed by atoms with Crippen molar-refractivity contribution in [1.29, 1.82) is 0 Å². The minimum absolute atomic E-state index is 0.287. The zero-order valence-electron chi connectivity index (χ0n) is 16.3. The number of aryl methyl sites for hydroxylation is 1. The van der Waals surface area contributed by atoms with Crippen LogP contribution in [0.2, 0.25) is 5.02 Å². The lowest BCUT2D eigenvalue weighted by Crippen LogP contribution is -2.38. The predicted octanol–water partition coefficient (Wildman–Crippen LogP) is 2.14. The van der Waals surface area contributed by atoms with E-state index in [9.17, 15) is 8.42 Å². The van der Waals surface area contributed by atoms with Gasteiger partial charge in [-0.1, -0.05) is 29.8 Å². The molecule has 1 aromatic carbocycles. The molecular weight excluding hydrogens is 386 g/mol. The number of sulfonamides is 1. The third kappa shape index (κ3) is 5.03. The van der Waals surface area contributed by atoms with Crippen molar-refractivity contribution >= 4 is 27.6 Å². The quantitative estimate of drug-likeness (QED) is 0.584. The Balaban J connectivity index is 2.14. The topological polar surface area (TPSA) is 69.9 Å². The Morgan fingerprint density at radius 3 is 2.48 bits per heavy atom. The normalized spacial score (nSPS) is 12.5. The number of nitrogens with zero attached hydrogens (tertiary/aromatic N) is 4. The highest BCUT2D eigenvalue weighted by atomic mass is 35.5. The van der Waals surface area contributed by atoms with Gasteiger partial charge < -0.3 is 14.8 Å². The molecule has 0 bridgehead atoms. The van der Waals surface area contributed by atoms with Gasteiger partial charge in [0.15, 0.2) is 5.96 Å². The highest BCUT2D eigenvalue weighted by molar-refractivity contribution is 7.89. The molecule has 0 radical (unpaired) electrons. The molecule has 0 saturated heterocycles. The molecule has 0 spiro atoms. The Kier molecular flexibility index (Phi) is 6.91. The third-order valence-corrected chi connectivity index (χ3v) is 6.34. The minimum Gasteiger partial charge on any atom is -0.352 e. The standard InChI is InChI=1S/C18H26ClN5O2S/c1-20-18(24(5)13-16-10-15(19)12-23(16)4)21-11-14-8-6-7-9-17(14)27(25,26)22(2)3/h6-10,12H,11,13H2,1-5H3,(H,20,21). The molecule has 0 unspecified atom stereocenters. The summed E-state index contributed by atoms with van der Waals surface area (Å²) >= 11 is 6.04. The molecule has 27 heavy (non-hydrogen) atoms. The first kappa shape index (κ1) is 21.3. The highest BCUT2D eigenvalue weighted by Crippen LogP contribution is 2.18. The average molecular weight is 412 g/mol. The number of rotatable bonds is 6. The van der Waals surface area contributed by atoms with Crippen molar-refractivity contribution in [2.45, 2.75) is 18.0 Å². The number of nitrogens with one attached hydrogen (secondary N) is 1. The summed E-state index contributed by atoms with van der Waals surface area (Å²) in [4.78, 5) is 6.53. The van der Waals surface area contributed by atoms with Crippen LogP contribution in [-0.2, 0) is 30.2 Å². The molecular formula is C18H26ClN5O2S. The van der Waals surface area contributed by atoms with Crippen LogP contribution in [-0.4, -0.2) is 56.3 Å². The third-order valence-electron chi connectivity index (χ3n) is 4.22. The van der Waals surface area contributed by atoms with Crippen molar-refractivity contribution in [3.63, 3.8) is 0 Å². The average Bonchev–Trinajstić information content (AvgIpc) is 2.92. The van der Waals surface area contributed by atoms with Gasteiger partial charge in [-0.2, -0.15) is 0 Å². The summed E-state index contributed by atoms with van der Waals surface area (Å²) in [6.07, 6.45) is 1.85. The molecule has 0 fully saturated rings. The fraction of sp³-hybridized carbons (Fsp3) is 0.389. The van der Waals surface area contributed by atoms with E-state index in [4.69, 9.17) is 11.6 Å². The molecule has 0 atom stereocenters. The zero-order valence-corrected chi connectivity index (χ0v) is 17.8. The Morgan fingerprint density at radius 2 is 1.93 bits per heavy atom. The van der Waals surface area contributed by atoms with Gasteiger partial charge >= 0.3 is 0 Å². The van der Waals surface area contributed by atoms with E-state index in [1.54, 1.807) is 25.2 Å². The number of benzene rings is 1. The Morgan fingerprint density at radius 1 is 1.26 bits per heavy atom. The van der Waals surface area contributed by atoms with E-state index in [2.05, 4.69) is 10.3 Å². The maximum Gasteiger partial charge on any atom is 0.242 e. The van der Waals surface area contributed by atoms with Gasteiger partial charge in [-0.15, -0.1) is 0 Å². The van der Waals surface area contributed by atoms with E-state index in [1.807, 2.05) is 41.9 Å². The Labute approximate surface area is 166 Å². The predicted molar refractivity (Wildman–Crippen MR) is 109 cm³/mol. The summed E-state index contributed by atoms with van der Waals surface area (Å²) in [5.41, 5.74) is 1.73. The van der Waals surface area contributed by atoms with E-state index in [0.29, 0.717) is 29.6 Å². The SMILES string of the molecule is CN=C(NCc1ccccc1S(=O)(=O)N(C)C)N(C)Cc1cc(Cl)cn1C. The Hall–Kier alpha value is -2.03. The number of aromatic nitrogens is 1. The molecule has 1 N–H and O–H groups in total. The number of halogens is 1. The highest BCUT2D eigenvalue weighted by Gasteiger charge is 2.21. The molecule has 0 saturated carbocycles. The zero-order chi connectivity index (χ0) is 20.2. The monoisotopic (exact) mass is 411 g/mol. The minimum atomic E-state index is -3.51. The van der Waals surface area contributed by atoms with Gasteiger partial charge in [-0.05, 0) is 17.7 Å². The number of aliphatic imine (C=N–C) groups is 1. The van der Waals surface area contributed by atoms with Crippen molar-refractivity contribution in [3.05, 3.63) is 52.8 Å². The van der Waals surface area contributed by atoms with Crippen molar-refractivity contribution in [3.8, 4) is 0 Å². The molecule has 0 aliphatic rings. The van der Waals surface area contributed by atoms with Crippen LogP contribution >= 0.6 is 11.6 Å². The van der Waals surface area contributed by atoms with Crippen LogP contribution in [0.5, 0.6) is 0 Å². The van der Waals surface area contributed by atoms with Gasteiger partial charge in [0, 0.05) is 53.7 Å². The van der Waals surface area contributed by atoms with Crippen molar-refractivity contribution in [2.75, 3.05) is 28.2 Å². The van der Waals surface area contributed by atoms with Crippen LogP contribution in [0.4, 0.5) is 0 Å². The second-order valence-corrected chi connectivity index (χ2v) is 8.97. The van der Waals surface area contributed by atoms with Crippen LogP contribution in [0.15, 0.2) is 46.4 Å². The van der Waals surface area contributed by atoms with Gasteiger partial charge in [0.05, 0.1) is 16.5 Å². The van der Waals surface area contributed by atoms with Crippen LogP contribution in [0, 0.1) is 0 Å². The number of hydrogen-bond acceptors (Lipinski definition) is 3. The largest absolute Gasteiger partial charge is 0.352 e. The maximum absolute atomic E-state index is 12.5. The molecule has 1 aromatic heterocycles. The van der Waals surface area contributed by atoms with Gasteiger partial charge in [0.1, 0.15) is 0 Å². The number of hydrogen-bond donors (Lipinski definition) is 1. The molecule has 2 rings (SSSR count). The summed E-state index contributed by atoms with van der Waals surface area (Å²) in [5, 5.41) is 3.92. The van der Waals surface area contributed by atoms with E-state index in [1.165, 1.54) is 18.4 Å². The van der Waals surface area contributed by atoms with Crippen LogP contribution < -0.4 is 5.32 Å². The van der Waals surface area contributed by atoms with Crippen molar-refractivity contribution in [1.82, 2.24) is 19.1 Å². The molecule has 2 aromatic rings. The first-order valence-corrected chi connectivity index (χ1v) is 10.2. The summed E-state index contributed by atoms with van der Waals surface area (Å²) in [7, 11) is 5.09. The van der Waals surface area contributed by atoms with Crippen LogP contribution in [0.3, 0.4) is 0 Å². The van der Waals surface area contributed by atoms with Crippen LogP contribution in [0.1, 0.15) is 11.3 Å². The van der Waals surface area contributed by atoms with Gasteiger partial charge in [0.25, 0.3) is 0 Å². The van der Waals surface area contributed by atoms with Crippen molar-refractivity contribution < 1.29 is 8.42 Å². The molecule has 1 heterocycles. The molecule has 148 valence electrons. The maximum atomic E-state index is 12.5. The van der Waals surface area contributed by atoms with Gasteiger partial charge in [-0.25, -0.2) is 12.7 Å². The van der Waals surface area contributed by atoms with E-state index < -0.39 is 10.0 Å². The van der Waals surface area contributed by atoms with Crippen LogP contribution in [0.25, 0.3) is 0 Å². The lowest BCUT2D eigenvalue weighted by atomic mass is 10.2. The second kappa shape index (κ2) is 8.77. The fourth-order valence-corrected chi connectivity index (χ4v) is 4.09. The molecule has 0 amide bonds. The lowest BCUT2D eigenvalue weighted by Gasteiger charge is -2.23. The number of guanidine groups is 1. The van der Waals surface area contributed by atoms with Gasteiger partial charge in [-0.3, -0.25) is 4.99 Å². The lowest BCUT2D eigenvalue weighted by molar-refractivity contribution is 0.461. The summed E-state index contributed by atoms with van der Waals surface area (Å²) in [6, 6.07) is 8.87. The first-order chi connectivity index (χ1) is 12.7. The molecule has 0 aliphatic carbocycles. The summed E-state index contributed by atoms with van der Waals surface area (Å²) in [6.45, 7) is 0.953.